The number of aryl methyl sites for hydroxylation is 2. The van der Waals surface area contributed by atoms with Crippen LogP contribution in [0.3, 0.4) is 0 Å². The number of ether oxygens (including phenoxy) is 2. The maximum atomic E-state index is 13.3. The van der Waals surface area contributed by atoms with Gasteiger partial charge < -0.3 is 18.9 Å². The van der Waals surface area contributed by atoms with Gasteiger partial charge in [0.05, 0.1) is 5.52 Å². The Kier molecular flexibility index (Phi) is 5.35. The van der Waals surface area contributed by atoms with E-state index in [1.54, 1.807) is 11.1 Å². The molecule has 2 aliphatic heterocycles. The van der Waals surface area contributed by atoms with Gasteiger partial charge in [-0.05, 0) is 43.7 Å². The molecule has 166 valence electrons. The normalized spacial score (nSPS) is 16.0. The molecule has 3 heterocycles. The van der Waals surface area contributed by atoms with Crippen LogP contribution in [0.2, 0.25) is 0 Å². The standard InChI is InChI=1S/C25H27N3O4/c1-3-27-15-20(24(29)19-12-17(2)4-6-21(19)27)25(30)28-10-8-26(9-11-28)14-18-5-7-22-23(13-18)32-16-31-22/h4-7,12-13,15H,3,8-11,14,16H2,1-2H3. The van der Waals surface area contributed by atoms with Crippen LogP contribution in [-0.2, 0) is 13.1 Å². The lowest BCUT2D eigenvalue weighted by Gasteiger charge is -2.34. The summed E-state index contributed by atoms with van der Waals surface area (Å²) in [6, 6.07) is 11.8. The quantitative estimate of drug-likeness (QED) is 0.633. The van der Waals surface area contributed by atoms with E-state index in [-0.39, 0.29) is 23.7 Å². The number of benzene rings is 2. The van der Waals surface area contributed by atoms with Crippen LogP contribution in [0.1, 0.15) is 28.4 Å². The van der Waals surface area contributed by atoms with Crippen molar-refractivity contribution in [2.45, 2.75) is 26.9 Å². The summed E-state index contributed by atoms with van der Waals surface area (Å²) in [4.78, 5) is 30.5. The van der Waals surface area contributed by atoms with Crippen LogP contribution in [0.4, 0.5) is 0 Å². The van der Waals surface area contributed by atoms with E-state index in [1.165, 1.54) is 0 Å². The molecule has 0 aliphatic carbocycles. The van der Waals surface area contributed by atoms with Crippen LogP contribution in [0.25, 0.3) is 10.9 Å². The minimum absolute atomic E-state index is 0.177. The number of rotatable bonds is 4. The number of fused-ring (bicyclic) bond motifs is 2. The van der Waals surface area contributed by atoms with E-state index in [2.05, 4.69) is 11.0 Å². The first-order valence-corrected chi connectivity index (χ1v) is 11.1. The van der Waals surface area contributed by atoms with Crippen LogP contribution >= 0.6 is 0 Å². The van der Waals surface area contributed by atoms with Crippen molar-refractivity contribution in [3.63, 3.8) is 0 Å². The van der Waals surface area contributed by atoms with Crippen molar-refractivity contribution in [3.8, 4) is 11.5 Å². The van der Waals surface area contributed by atoms with Gasteiger partial charge in [0.25, 0.3) is 5.91 Å². The number of amides is 1. The van der Waals surface area contributed by atoms with Gasteiger partial charge in [-0.25, -0.2) is 0 Å². The summed E-state index contributed by atoms with van der Waals surface area (Å²) in [5.41, 5.74) is 3.12. The Morgan fingerprint density at radius 1 is 1.00 bits per heavy atom. The van der Waals surface area contributed by atoms with Crippen molar-refractivity contribution >= 4 is 16.8 Å². The molecule has 0 radical (unpaired) electrons. The second-order valence-corrected chi connectivity index (χ2v) is 8.43. The molecule has 0 bridgehead atoms. The highest BCUT2D eigenvalue weighted by atomic mass is 16.7. The maximum absolute atomic E-state index is 13.3. The van der Waals surface area contributed by atoms with Crippen LogP contribution < -0.4 is 14.9 Å². The molecular weight excluding hydrogens is 406 g/mol. The van der Waals surface area contributed by atoms with E-state index in [1.807, 2.05) is 48.7 Å². The number of nitrogens with zero attached hydrogens (tertiary/aromatic N) is 3. The van der Waals surface area contributed by atoms with Gasteiger partial charge >= 0.3 is 0 Å². The molecule has 3 aromatic rings. The monoisotopic (exact) mass is 433 g/mol. The van der Waals surface area contributed by atoms with Gasteiger partial charge in [-0.3, -0.25) is 14.5 Å². The van der Waals surface area contributed by atoms with Crippen molar-refractivity contribution < 1.29 is 14.3 Å². The smallest absolute Gasteiger partial charge is 0.259 e. The molecule has 1 amide bonds. The molecular formula is C25H27N3O4. The summed E-state index contributed by atoms with van der Waals surface area (Å²) in [5, 5.41) is 0.610. The van der Waals surface area contributed by atoms with E-state index in [0.717, 1.165) is 47.8 Å². The van der Waals surface area contributed by atoms with Gasteiger partial charge in [-0.15, -0.1) is 0 Å². The minimum atomic E-state index is -0.179. The molecule has 2 aromatic carbocycles. The molecule has 5 rings (SSSR count). The topological polar surface area (TPSA) is 64.0 Å². The average Bonchev–Trinajstić information content (AvgIpc) is 3.28. The van der Waals surface area contributed by atoms with Gasteiger partial charge in [-0.1, -0.05) is 17.7 Å². The molecule has 7 heteroatoms. The molecule has 1 aromatic heterocycles. The summed E-state index contributed by atoms with van der Waals surface area (Å²) in [6.07, 6.45) is 1.72. The summed E-state index contributed by atoms with van der Waals surface area (Å²) >= 11 is 0. The van der Waals surface area contributed by atoms with E-state index in [4.69, 9.17) is 9.47 Å². The second-order valence-electron chi connectivity index (χ2n) is 8.43. The Balaban J connectivity index is 1.31. The maximum Gasteiger partial charge on any atom is 0.259 e. The highest BCUT2D eigenvalue weighted by Gasteiger charge is 2.25. The molecule has 1 fully saturated rings. The van der Waals surface area contributed by atoms with Gasteiger partial charge in [0.2, 0.25) is 12.2 Å². The van der Waals surface area contributed by atoms with Gasteiger partial charge in [0, 0.05) is 50.9 Å². The highest BCUT2D eigenvalue weighted by molar-refractivity contribution is 5.97. The van der Waals surface area contributed by atoms with Crippen LogP contribution in [0.15, 0.2) is 47.4 Å². The molecule has 0 saturated carbocycles. The van der Waals surface area contributed by atoms with Crippen molar-refractivity contribution in [2.75, 3.05) is 33.0 Å². The third-order valence-corrected chi connectivity index (χ3v) is 6.31. The Bertz CT molecular complexity index is 1240. The second kappa shape index (κ2) is 8.31. The van der Waals surface area contributed by atoms with E-state index < -0.39 is 0 Å². The molecule has 0 unspecified atom stereocenters. The zero-order valence-electron chi connectivity index (χ0n) is 18.5. The Morgan fingerprint density at radius 3 is 2.56 bits per heavy atom. The molecule has 2 aliphatic rings. The van der Waals surface area contributed by atoms with Crippen LogP contribution in [0.5, 0.6) is 11.5 Å². The summed E-state index contributed by atoms with van der Waals surface area (Å²) < 4.78 is 12.8. The average molecular weight is 434 g/mol. The number of carbonyl (C=O) groups is 1. The third-order valence-electron chi connectivity index (χ3n) is 6.31. The zero-order valence-corrected chi connectivity index (χ0v) is 18.5. The van der Waals surface area contributed by atoms with Crippen LogP contribution in [-0.4, -0.2) is 53.2 Å². The van der Waals surface area contributed by atoms with E-state index >= 15 is 0 Å². The summed E-state index contributed by atoms with van der Waals surface area (Å²) in [7, 11) is 0. The number of hydrogen-bond donors (Lipinski definition) is 0. The lowest BCUT2D eigenvalue weighted by atomic mass is 10.1. The first-order chi connectivity index (χ1) is 15.5. The number of piperazine rings is 1. The Hall–Kier alpha value is -3.32. The number of aromatic nitrogens is 1. The summed E-state index contributed by atoms with van der Waals surface area (Å²) in [6.45, 7) is 8.45. The van der Waals surface area contributed by atoms with Crippen molar-refractivity contribution in [3.05, 3.63) is 69.5 Å². The first kappa shape index (κ1) is 20.6. The van der Waals surface area contributed by atoms with Crippen molar-refractivity contribution in [1.82, 2.24) is 14.4 Å². The number of hydrogen-bond acceptors (Lipinski definition) is 5. The highest BCUT2D eigenvalue weighted by Crippen LogP contribution is 2.32. The molecule has 0 atom stereocenters. The lowest BCUT2D eigenvalue weighted by Crippen LogP contribution is -2.49. The largest absolute Gasteiger partial charge is 0.454 e. The molecule has 32 heavy (non-hydrogen) atoms. The fourth-order valence-corrected chi connectivity index (χ4v) is 4.50. The van der Waals surface area contributed by atoms with Gasteiger partial charge in [0.15, 0.2) is 11.5 Å². The van der Waals surface area contributed by atoms with Crippen LogP contribution in [0, 0.1) is 6.92 Å². The summed E-state index contributed by atoms with van der Waals surface area (Å²) in [5.74, 6) is 1.39. The molecule has 0 spiro atoms. The zero-order chi connectivity index (χ0) is 22.2. The first-order valence-electron chi connectivity index (χ1n) is 11.1. The van der Waals surface area contributed by atoms with E-state index in [0.29, 0.717) is 25.0 Å². The fraction of sp³-hybridized carbons (Fsp3) is 0.360. The molecule has 1 saturated heterocycles. The fourth-order valence-electron chi connectivity index (χ4n) is 4.50. The van der Waals surface area contributed by atoms with Gasteiger partial charge in [-0.2, -0.15) is 0 Å². The lowest BCUT2D eigenvalue weighted by molar-refractivity contribution is 0.0626. The predicted octanol–water partition coefficient (Wildman–Crippen LogP) is 3.02. The van der Waals surface area contributed by atoms with Crippen molar-refractivity contribution in [2.24, 2.45) is 0 Å². The Morgan fingerprint density at radius 2 is 1.78 bits per heavy atom. The minimum Gasteiger partial charge on any atom is -0.454 e. The number of pyridine rings is 1. The SMILES string of the molecule is CCn1cc(C(=O)N2CCN(Cc3ccc4c(c3)OCO4)CC2)c(=O)c2cc(C)ccc21. The molecule has 0 N–H and O–H groups in total. The predicted molar refractivity (Wildman–Crippen MR) is 122 cm³/mol. The molecule has 7 nitrogen and oxygen atoms in total. The van der Waals surface area contributed by atoms with E-state index in [9.17, 15) is 9.59 Å². The van der Waals surface area contributed by atoms with Gasteiger partial charge in [0.1, 0.15) is 5.56 Å². The Labute approximate surface area is 186 Å². The number of carbonyl (C=O) groups excluding carboxylic acids is 1. The van der Waals surface area contributed by atoms with Crippen molar-refractivity contribution in [1.29, 1.82) is 0 Å². The third kappa shape index (κ3) is 3.73.